The summed E-state index contributed by atoms with van der Waals surface area (Å²) in [6.45, 7) is 6.79. The number of hydrogen-bond donors (Lipinski definition) is 0. The highest BCUT2D eigenvalue weighted by Gasteiger charge is 2.61. The zero-order valence-corrected chi connectivity index (χ0v) is 21.8. The van der Waals surface area contributed by atoms with Gasteiger partial charge in [0.2, 0.25) is 0 Å². The quantitative estimate of drug-likeness (QED) is 0.251. The van der Waals surface area contributed by atoms with Gasteiger partial charge in [-0.2, -0.15) is 0 Å². The monoisotopic (exact) mass is 470 g/mol. The number of carbonyl (C=O) groups excluding carboxylic acids is 3. The molecule has 190 valence electrons. The van der Waals surface area contributed by atoms with Crippen LogP contribution in [0.5, 0.6) is 0 Å². The van der Waals surface area contributed by atoms with E-state index < -0.39 is 0 Å². The molecule has 0 aromatic carbocycles. The predicted molar refractivity (Wildman–Crippen MR) is 134 cm³/mol. The lowest BCUT2D eigenvalue weighted by Crippen LogP contribution is -2.53. The third-order valence-electron chi connectivity index (χ3n) is 10.2. The van der Waals surface area contributed by atoms with Gasteiger partial charge in [0, 0.05) is 30.3 Å². The first-order valence-corrected chi connectivity index (χ1v) is 14.3. The summed E-state index contributed by atoms with van der Waals surface area (Å²) in [6.07, 6.45) is 18.1. The Labute approximate surface area is 206 Å². The molecule has 3 saturated carbocycles. The van der Waals surface area contributed by atoms with E-state index >= 15 is 0 Å². The third kappa shape index (κ3) is 4.93. The Balaban J connectivity index is 1.31. The molecule has 4 rings (SSSR count). The van der Waals surface area contributed by atoms with E-state index in [1.807, 2.05) is 0 Å². The number of carbonyl (C=O) groups is 3. The molecule has 4 nitrogen and oxygen atoms in total. The fourth-order valence-electron chi connectivity index (χ4n) is 8.15. The van der Waals surface area contributed by atoms with Crippen molar-refractivity contribution in [1.29, 1.82) is 0 Å². The van der Waals surface area contributed by atoms with Gasteiger partial charge in [-0.05, 0) is 67.8 Å². The molecular formula is C30H46O4. The van der Waals surface area contributed by atoms with Gasteiger partial charge in [0.25, 0.3) is 0 Å². The molecule has 0 bridgehead atoms. The Morgan fingerprint density at radius 2 is 1.65 bits per heavy atom. The normalized spacial score (nSPS) is 37.0. The highest BCUT2D eigenvalue weighted by atomic mass is 16.5. The van der Waals surface area contributed by atoms with Crippen LogP contribution in [0.1, 0.15) is 124 Å². The van der Waals surface area contributed by atoms with Crippen LogP contribution in [-0.2, 0) is 19.1 Å². The van der Waals surface area contributed by atoms with Crippen LogP contribution >= 0.6 is 0 Å². The van der Waals surface area contributed by atoms with Crippen LogP contribution in [0.15, 0.2) is 11.6 Å². The van der Waals surface area contributed by atoms with Gasteiger partial charge in [0.15, 0.2) is 11.6 Å². The van der Waals surface area contributed by atoms with Crippen LogP contribution < -0.4 is 0 Å². The van der Waals surface area contributed by atoms with Crippen molar-refractivity contribution in [3.05, 3.63) is 11.6 Å². The van der Waals surface area contributed by atoms with Gasteiger partial charge in [-0.1, -0.05) is 65.7 Å². The Morgan fingerprint density at radius 1 is 0.941 bits per heavy atom. The number of Topliss-reactive ketones (excluding diaryl/α,β-unsaturated/α-hetero) is 1. The van der Waals surface area contributed by atoms with E-state index in [9.17, 15) is 14.4 Å². The molecule has 0 heterocycles. The van der Waals surface area contributed by atoms with Crippen molar-refractivity contribution in [2.24, 2.45) is 28.6 Å². The van der Waals surface area contributed by atoms with Crippen molar-refractivity contribution in [3.8, 4) is 0 Å². The van der Waals surface area contributed by atoms with Crippen LogP contribution in [-0.4, -0.2) is 23.6 Å². The second-order valence-corrected chi connectivity index (χ2v) is 12.3. The maximum atomic E-state index is 13.1. The molecule has 0 spiro atoms. The van der Waals surface area contributed by atoms with E-state index in [1.165, 1.54) is 38.5 Å². The van der Waals surface area contributed by atoms with Crippen LogP contribution in [0.2, 0.25) is 0 Å². The minimum absolute atomic E-state index is 0.00669. The fraction of sp³-hybridized carbons (Fsp3) is 0.833. The van der Waals surface area contributed by atoms with Gasteiger partial charge in [0.05, 0.1) is 0 Å². The van der Waals surface area contributed by atoms with Crippen molar-refractivity contribution in [1.82, 2.24) is 0 Å². The van der Waals surface area contributed by atoms with Crippen LogP contribution in [0.4, 0.5) is 0 Å². The summed E-state index contributed by atoms with van der Waals surface area (Å²) in [5.41, 5.74) is 0.638. The minimum Gasteiger partial charge on any atom is -0.462 e. The van der Waals surface area contributed by atoms with E-state index in [0.29, 0.717) is 37.0 Å². The van der Waals surface area contributed by atoms with E-state index in [2.05, 4.69) is 20.8 Å². The highest BCUT2D eigenvalue weighted by Crippen LogP contribution is 2.65. The molecule has 0 aromatic heterocycles. The average Bonchev–Trinajstić information content (AvgIpc) is 3.13. The molecule has 34 heavy (non-hydrogen) atoms. The summed E-state index contributed by atoms with van der Waals surface area (Å²) >= 11 is 0. The maximum Gasteiger partial charge on any atom is 0.306 e. The number of fused-ring (bicyclic) bond motifs is 5. The highest BCUT2D eigenvalue weighted by molar-refractivity contribution is 6.05. The summed E-state index contributed by atoms with van der Waals surface area (Å²) < 4.78 is 6.12. The molecule has 0 saturated heterocycles. The van der Waals surface area contributed by atoms with Crippen LogP contribution in [0.3, 0.4) is 0 Å². The number of ketones is 2. The number of allylic oxidation sites excluding steroid dienone is 1. The Hall–Kier alpha value is -1.45. The second kappa shape index (κ2) is 10.7. The van der Waals surface area contributed by atoms with Gasteiger partial charge in [-0.15, -0.1) is 0 Å². The first-order valence-electron chi connectivity index (χ1n) is 14.3. The van der Waals surface area contributed by atoms with Gasteiger partial charge >= 0.3 is 5.97 Å². The molecule has 4 aliphatic rings. The molecule has 0 radical (unpaired) electrons. The van der Waals surface area contributed by atoms with Crippen molar-refractivity contribution < 1.29 is 19.1 Å². The maximum absolute atomic E-state index is 13.1. The minimum atomic E-state index is -0.152. The van der Waals surface area contributed by atoms with Crippen LogP contribution in [0.25, 0.3) is 0 Å². The van der Waals surface area contributed by atoms with Gasteiger partial charge < -0.3 is 4.74 Å². The Kier molecular flexibility index (Phi) is 8.04. The Morgan fingerprint density at radius 3 is 2.38 bits per heavy atom. The van der Waals surface area contributed by atoms with E-state index in [1.54, 1.807) is 6.08 Å². The average molecular weight is 471 g/mol. The number of rotatable bonds is 10. The number of esters is 1. The number of unbranched alkanes of at least 4 members (excludes halogenated alkanes) is 7. The lowest BCUT2D eigenvalue weighted by atomic mass is 9.47. The van der Waals surface area contributed by atoms with Gasteiger partial charge in [-0.25, -0.2) is 0 Å². The molecule has 0 aliphatic heterocycles. The molecule has 0 amide bonds. The largest absolute Gasteiger partial charge is 0.462 e. The summed E-state index contributed by atoms with van der Waals surface area (Å²) in [5.74, 6) is 1.54. The molecule has 0 unspecified atom stereocenters. The first kappa shape index (κ1) is 25.6. The summed E-state index contributed by atoms with van der Waals surface area (Å²) in [6, 6.07) is 0. The third-order valence-corrected chi connectivity index (χ3v) is 10.2. The molecule has 4 heteroatoms. The smallest absolute Gasteiger partial charge is 0.306 e. The molecule has 0 aromatic rings. The lowest BCUT2D eigenvalue weighted by molar-refractivity contribution is -0.161. The zero-order valence-electron chi connectivity index (χ0n) is 21.8. The second-order valence-electron chi connectivity index (χ2n) is 12.3. The van der Waals surface area contributed by atoms with Crippen molar-refractivity contribution in [2.75, 3.05) is 0 Å². The zero-order chi connectivity index (χ0) is 24.3. The van der Waals surface area contributed by atoms with E-state index in [0.717, 1.165) is 50.5 Å². The standard InChI is InChI=1S/C30H46O4/c1-4-5-6-7-8-9-10-11-12-28(33)34-27-14-13-23-22-20-26(32)25-19-21(31)15-17-29(25,2)24(22)16-18-30(23,27)3/h19,22-24,27H,4-18,20H2,1-3H3/t22-,23-,24-,27-,29+,30-/m0/s1. The van der Waals surface area contributed by atoms with Gasteiger partial charge in [0.1, 0.15) is 6.10 Å². The lowest BCUT2D eigenvalue weighted by Gasteiger charge is -2.57. The Bertz CT molecular complexity index is 813. The summed E-state index contributed by atoms with van der Waals surface area (Å²) in [5, 5.41) is 0. The molecular weight excluding hydrogens is 424 g/mol. The number of ether oxygens (including phenoxy) is 1. The predicted octanol–water partition coefficient (Wildman–Crippen LogP) is 7.14. The SMILES string of the molecule is CCCCCCCCCCC(=O)O[C@H]1CC[C@H]2[C@@H]3CC(=O)C4=CC(=O)CC[C@]4(C)[C@H]3CC[C@]12C. The van der Waals surface area contributed by atoms with Crippen LogP contribution in [0, 0.1) is 28.6 Å². The van der Waals surface area contributed by atoms with Crippen molar-refractivity contribution >= 4 is 17.5 Å². The summed E-state index contributed by atoms with van der Waals surface area (Å²) in [7, 11) is 0. The molecule has 3 fully saturated rings. The van der Waals surface area contributed by atoms with Crippen molar-refractivity contribution in [2.45, 2.75) is 130 Å². The fourth-order valence-corrected chi connectivity index (χ4v) is 8.15. The molecule has 0 N–H and O–H groups in total. The van der Waals surface area contributed by atoms with Crippen molar-refractivity contribution in [3.63, 3.8) is 0 Å². The molecule has 6 atom stereocenters. The van der Waals surface area contributed by atoms with Gasteiger partial charge in [-0.3, -0.25) is 14.4 Å². The first-order chi connectivity index (χ1) is 16.3. The number of hydrogen-bond acceptors (Lipinski definition) is 4. The van der Waals surface area contributed by atoms with E-state index in [-0.39, 0.29) is 34.5 Å². The molecule has 4 aliphatic carbocycles. The topological polar surface area (TPSA) is 60.4 Å². The van der Waals surface area contributed by atoms with E-state index in [4.69, 9.17) is 4.74 Å². The summed E-state index contributed by atoms with van der Waals surface area (Å²) in [4.78, 5) is 37.8.